The molecule has 0 heterocycles. The van der Waals surface area contributed by atoms with Gasteiger partial charge in [0.05, 0.1) is 0 Å². The van der Waals surface area contributed by atoms with Gasteiger partial charge in [-0.05, 0) is 38.4 Å². The molecule has 1 atom stereocenters. The highest BCUT2D eigenvalue weighted by molar-refractivity contribution is 5.19. The third-order valence-electron chi connectivity index (χ3n) is 2.68. The van der Waals surface area contributed by atoms with Crippen LogP contribution in [-0.2, 0) is 6.42 Å². The molecule has 92 valence electrons. The van der Waals surface area contributed by atoms with Crippen molar-refractivity contribution in [3.63, 3.8) is 0 Å². The molecule has 0 aromatic heterocycles. The van der Waals surface area contributed by atoms with E-state index in [4.69, 9.17) is 0 Å². The van der Waals surface area contributed by atoms with Crippen LogP contribution in [0.3, 0.4) is 0 Å². The van der Waals surface area contributed by atoms with Crippen LogP contribution < -0.4 is 5.32 Å². The Bertz CT molecular complexity index is 418. The van der Waals surface area contributed by atoms with E-state index in [0.717, 1.165) is 18.9 Å². The van der Waals surface area contributed by atoms with Gasteiger partial charge in [0, 0.05) is 18.5 Å². The lowest BCUT2D eigenvalue weighted by molar-refractivity contribution is 0.506. The average Bonchev–Trinajstić information content (AvgIpc) is 2.31. The zero-order valence-electron chi connectivity index (χ0n) is 10.2. The SMILES string of the molecule is CC#CCCC(Cc1ccc(F)cc1F)NC. The zero-order valence-corrected chi connectivity index (χ0v) is 10.2. The molecule has 0 bridgehead atoms. The molecular formula is C14H17F2N. The Labute approximate surface area is 101 Å². The molecular weight excluding hydrogens is 220 g/mol. The minimum absolute atomic E-state index is 0.163. The summed E-state index contributed by atoms with van der Waals surface area (Å²) in [6, 6.07) is 3.88. The van der Waals surface area contributed by atoms with Crippen molar-refractivity contribution in [2.24, 2.45) is 0 Å². The molecule has 0 aliphatic carbocycles. The lowest BCUT2D eigenvalue weighted by Gasteiger charge is -2.15. The lowest BCUT2D eigenvalue weighted by atomic mass is 10.0. The summed E-state index contributed by atoms with van der Waals surface area (Å²) in [5.41, 5.74) is 0.537. The van der Waals surface area contributed by atoms with Gasteiger partial charge in [0.2, 0.25) is 0 Å². The van der Waals surface area contributed by atoms with E-state index < -0.39 is 11.6 Å². The standard InChI is InChI=1S/C14H17F2N/c1-3-4-5-6-13(17-2)9-11-7-8-12(15)10-14(11)16/h7-8,10,13,17H,5-6,9H2,1-2H3. The van der Waals surface area contributed by atoms with Crippen molar-refractivity contribution in [1.82, 2.24) is 5.32 Å². The molecule has 1 nitrogen and oxygen atoms in total. The zero-order chi connectivity index (χ0) is 12.7. The highest BCUT2D eigenvalue weighted by Gasteiger charge is 2.10. The topological polar surface area (TPSA) is 12.0 Å². The Morgan fingerprint density at radius 3 is 2.71 bits per heavy atom. The molecule has 0 aliphatic rings. The maximum Gasteiger partial charge on any atom is 0.129 e. The number of halogens is 2. The molecule has 0 radical (unpaired) electrons. The molecule has 1 rings (SSSR count). The van der Waals surface area contributed by atoms with Gasteiger partial charge in [-0.2, -0.15) is 0 Å². The van der Waals surface area contributed by atoms with Crippen molar-refractivity contribution in [3.05, 3.63) is 35.4 Å². The molecule has 1 aromatic carbocycles. The molecule has 0 aliphatic heterocycles. The summed E-state index contributed by atoms with van der Waals surface area (Å²) >= 11 is 0. The number of benzene rings is 1. The quantitative estimate of drug-likeness (QED) is 0.776. The van der Waals surface area contributed by atoms with Crippen LogP contribution in [0.2, 0.25) is 0 Å². The maximum atomic E-state index is 13.4. The van der Waals surface area contributed by atoms with Crippen LogP contribution in [0.5, 0.6) is 0 Å². The second-order valence-electron chi connectivity index (χ2n) is 3.89. The Hall–Kier alpha value is -1.40. The van der Waals surface area contributed by atoms with E-state index in [1.54, 1.807) is 6.92 Å². The van der Waals surface area contributed by atoms with Crippen LogP contribution in [0, 0.1) is 23.5 Å². The highest BCUT2D eigenvalue weighted by atomic mass is 19.1. The van der Waals surface area contributed by atoms with Gasteiger partial charge in [0.15, 0.2) is 0 Å². The fraction of sp³-hybridized carbons (Fsp3) is 0.429. The lowest BCUT2D eigenvalue weighted by Crippen LogP contribution is -2.27. The van der Waals surface area contributed by atoms with Crippen molar-refractivity contribution in [2.75, 3.05) is 7.05 Å². The van der Waals surface area contributed by atoms with Gasteiger partial charge in [-0.3, -0.25) is 0 Å². The molecule has 0 amide bonds. The van der Waals surface area contributed by atoms with E-state index in [1.807, 2.05) is 7.05 Å². The van der Waals surface area contributed by atoms with Crippen LogP contribution in [0.4, 0.5) is 8.78 Å². The summed E-state index contributed by atoms with van der Waals surface area (Å²) in [4.78, 5) is 0. The first kappa shape index (κ1) is 13.7. The van der Waals surface area contributed by atoms with Gasteiger partial charge in [-0.15, -0.1) is 11.8 Å². The summed E-state index contributed by atoms with van der Waals surface area (Å²) in [5.74, 6) is 4.79. The molecule has 17 heavy (non-hydrogen) atoms. The van der Waals surface area contributed by atoms with E-state index in [-0.39, 0.29) is 6.04 Å². The molecule has 0 saturated heterocycles. The Morgan fingerprint density at radius 1 is 1.35 bits per heavy atom. The van der Waals surface area contributed by atoms with Gasteiger partial charge in [0.1, 0.15) is 11.6 Å². The molecule has 0 fully saturated rings. The predicted octanol–water partition coefficient (Wildman–Crippen LogP) is 2.90. The summed E-state index contributed by atoms with van der Waals surface area (Å²) in [6.45, 7) is 1.80. The van der Waals surface area contributed by atoms with Crippen LogP contribution in [0.15, 0.2) is 18.2 Å². The number of hydrogen-bond donors (Lipinski definition) is 1. The van der Waals surface area contributed by atoms with Gasteiger partial charge in [-0.1, -0.05) is 6.07 Å². The average molecular weight is 237 g/mol. The number of hydrogen-bond acceptors (Lipinski definition) is 1. The maximum absolute atomic E-state index is 13.4. The normalized spacial score (nSPS) is 11.8. The molecule has 1 N–H and O–H groups in total. The van der Waals surface area contributed by atoms with Crippen LogP contribution >= 0.6 is 0 Å². The van der Waals surface area contributed by atoms with Crippen molar-refractivity contribution in [2.45, 2.75) is 32.2 Å². The third kappa shape index (κ3) is 4.54. The summed E-state index contributed by atoms with van der Waals surface area (Å²) in [7, 11) is 1.84. The van der Waals surface area contributed by atoms with Crippen LogP contribution in [0.25, 0.3) is 0 Å². The summed E-state index contributed by atoms with van der Waals surface area (Å²) in [6.07, 6.45) is 2.19. The third-order valence-corrected chi connectivity index (χ3v) is 2.68. The van der Waals surface area contributed by atoms with E-state index in [0.29, 0.717) is 12.0 Å². The smallest absolute Gasteiger partial charge is 0.129 e. The van der Waals surface area contributed by atoms with Crippen molar-refractivity contribution >= 4 is 0 Å². The predicted molar refractivity (Wildman–Crippen MR) is 65.6 cm³/mol. The van der Waals surface area contributed by atoms with Crippen molar-refractivity contribution in [1.29, 1.82) is 0 Å². The van der Waals surface area contributed by atoms with Crippen molar-refractivity contribution in [3.8, 4) is 11.8 Å². The van der Waals surface area contributed by atoms with Gasteiger partial charge >= 0.3 is 0 Å². The molecule has 3 heteroatoms. The van der Waals surface area contributed by atoms with Crippen molar-refractivity contribution < 1.29 is 8.78 Å². The first-order valence-corrected chi connectivity index (χ1v) is 5.68. The Balaban J connectivity index is 2.62. The first-order valence-electron chi connectivity index (χ1n) is 5.68. The van der Waals surface area contributed by atoms with Crippen LogP contribution in [0.1, 0.15) is 25.3 Å². The number of nitrogens with one attached hydrogen (secondary N) is 1. The summed E-state index contributed by atoms with van der Waals surface area (Å²) < 4.78 is 26.2. The largest absolute Gasteiger partial charge is 0.317 e. The van der Waals surface area contributed by atoms with E-state index in [1.165, 1.54) is 12.1 Å². The Morgan fingerprint density at radius 2 is 2.12 bits per heavy atom. The Kier molecular flexibility index (Phi) is 5.65. The first-order chi connectivity index (χ1) is 8.17. The minimum Gasteiger partial charge on any atom is -0.317 e. The van der Waals surface area contributed by atoms with Gasteiger partial charge in [0.25, 0.3) is 0 Å². The number of rotatable bonds is 5. The fourth-order valence-electron chi connectivity index (χ4n) is 1.67. The second-order valence-corrected chi connectivity index (χ2v) is 3.89. The minimum atomic E-state index is -0.538. The summed E-state index contributed by atoms with van der Waals surface area (Å²) in [5, 5.41) is 3.12. The van der Waals surface area contributed by atoms with Crippen LogP contribution in [-0.4, -0.2) is 13.1 Å². The highest BCUT2D eigenvalue weighted by Crippen LogP contribution is 2.13. The van der Waals surface area contributed by atoms with E-state index >= 15 is 0 Å². The van der Waals surface area contributed by atoms with Gasteiger partial charge < -0.3 is 5.32 Å². The van der Waals surface area contributed by atoms with Gasteiger partial charge in [-0.25, -0.2) is 8.78 Å². The van der Waals surface area contributed by atoms with E-state index in [9.17, 15) is 8.78 Å². The molecule has 1 aromatic rings. The molecule has 1 unspecified atom stereocenters. The number of likely N-dealkylation sites (N-methyl/N-ethyl adjacent to an activating group) is 1. The fourth-order valence-corrected chi connectivity index (χ4v) is 1.67. The monoisotopic (exact) mass is 237 g/mol. The molecule has 0 saturated carbocycles. The van der Waals surface area contributed by atoms with E-state index in [2.05, 4.69) is 17.2 Å². The second kappa shape index (κ2) is 7.03. The molecule has 0 spiro atoms.